The van der Waals surface area contributed by atoms with Gasteiger partial charge in [0.15, 0.2) is 6.61 Å². The van der Waals surface area contributed by atoms with E-state index in [9.17, 15) is 13.2 Å². The van der Waals surface area contributed by atoms with Crippen molar-refractivity contribution in [3.8, 4) is 21.9 Å². The van der Waals surface area contributed by atoms with Crippen molar-refractivity contribution in [2.24, 2.45) is 0 Å². The highest BCUT2D eigenvalue weighted by atomic mass is 32.1. The Morgan fingerprint density at radius 3 is 2.59 bits per heavy atom. The van der Waals surface area contributed by atoms with Gasteiger partial charge in [0, 0.05) is 11.8 Å². The van der Waals surface area contributed by atoms with Gasteiger partial charge in [0.2, 0.25) is 0 Å². The van der Waals surface area contributed by atoms with Crippen LogP contribution in [-0.2, 0) is 6.42 Å². The highest BCUT2D eigenvalue weighted by molar-refractivity contribution is 7.09. The predicted octanol–water partition coefficient (Wildman–Crippen LogP) is 5.82. The fourth-order valence-electron chi connectivity index (χ4n) is 3.23. The molecule has 1 aliphatic rings. The Morgan fingerprint density at radius 1 is 1.07 bits per heavy atom. The lowest BCUT2D eigenvalue weighted by molar-refractivity contribution is -0.153. The molecule has 4 rings (SSSR count). The summed E-state index contributed by atoms with van der Waals surface area (Å²) < 4.78 is 52.5. The molecule has 0 saturated heterocycles. The Balaban J connectivity index is 1.48. The van der Waals surface area contributed by atoms with Crippen molar-refractivity contribution in [1.82, 2.24) is 4.37 Å². The molecule has 3 aromatic rings. The lowest BCUT2D eigenvalue weighted by Crippen LogP contribution is -2.19. The first-order chi connectivity index (χ1) is 13.0. The van der Waals surface area contributed by atoms with E-state index in [0.29, 0.717) is 12.8 Å². The van der Waals surface area contributed by atoms with Crippen molar-refractivity contribution in [3.63, 3.8) is 0 Å². The normalized spacial score (nSPS) is 16.2. The summed E-state index contributed by atoms with van der Waals surface area (Å²) in [6.07, 6.45) is -1.44. The van der Waals surface area contributed by atoms with Gasteiger partial charge in [-0.05, 0) is 71.9 Å². The summed E-state index contributed by atoms with van der Waals surface area (Å²) >= 11 is 1.43. The number of hydrogen-bond donors (Lipinski definition) is 0. The number of fused-ring (bicyclic) bond motifs is 1. The molecule has 0 bridgehead atoms. The number of halogens is 3. The molecule has 1 atom stereocenters. The molecule has 2 aromatic carbocycles. The van der Waals surface area contributed by atoms with Crippen LogP contribution in [0.25, 0.3) is 10.4 Å². The molecule has 1 heterocycles. The lowest BCUT2D eigenvalue weighted by atomic mass is 10.1. The monoisotopic (exact) mass is 391 g/mol. The highest BCUT2D eigenvalue weighted by Crippen LogP contribution is 2.40. The Bertz CT molecular complexity index is 908. The third-order valence-corrected chi connectivity index (χ3v) is 5.21. The molecule has 1 aromatic heterocycles. The van der Waals surface area contributed by atoms with E-state index < -0.39 is 12.8 Å². The second kappa shape index (κ2) is 7.23. The van der Waals surface area contributed by atoms with Crippen LogP contribution in [0, 0.1) is 0 Å². The van der Waals surface area contributed by atoms with Crippen molar-refractivity contribution >= 4 is 11.5 Å². The molecule has 0 radical (unpaired) electrons. The smallest absolute Gasteiger partial charge is 0.422 e. The summed E-state index contributed by atoms with van der Waals surface area (Å²) in [6, 6.07) is 14.9. The van der Waals surface area contributed by atoms with Gasteiger partial charge in [-0.25, -0.2) is 4.37 Å². The Kier molecular flexibility index (Phi) is 4.78. The number of hydrogen-bond acceptors (Lipinski definition) is 4. The van der Waals surface area contributed by atoms with Crippen molar-refractivity contribution in [3.05, 3.63) is 65.9 Å². The molecule has 140 valence electrons. The summed E-state index contributed by atoms with van der Waals surface area (Å²) in [5.41, 5.74) is 2.76. The van der Waals surface area contributed by atoms with Gasteiger partial charge in [0.1, 0.15) is 17.6 Å². The zero-order valence-corrected chi connectivity index (χ0v) is 15.0. The zero-order chi connectivity index (χ0) is 18.9. The molecule has 27 heavy (non-hydrogen) atoms. The van der Waals surface area contributed by atoms with Crippen LogP contribution in [-0.4, -0.2) is 17.2 Å². The summed E-state index contributed by atoms with van der Waals surface area (Å²) in [6.45, 7) is -1.28. The third-order valence-electron chi connectivity index (χ3n) is 4.42. The predicted molar refractivity (Wildman–Crippen MR) is 97.2 cm³/mol. The molecule has 7 heteroatoms. The maximum Gasteiger partial charge on any atom is 0.422 e. The van der Waals surface area contributed by atoms with Gasteiger partial charge in [-0.1, -0.05) is 12.1 Å². The molecule has 0 N–H and O–H groups in total. The summed E-state index contributed by atoms with van der Waals surface area (Å²) in [7, 11) is 0. The molecule has 0 aliphatic heterocycles. The molecule has 1 unspecified atom stereocenters. The Hall–Kier alpha value is -2.54. The first-order valence-electron chi connectivity index (χ1n) is 8.49. The van der Waals surface area contributed by atoms with E-state index in [1.807, 2.05) is 36.4 Å². The van der Waals surface area contributed by atoms with Gasteiger partial charge in [0.25, 0.3) is 0 Å². The van der Waals surface area contributed by atoms with Gasteiger partial charge >= 0.3 is 6.18 Å². The van der Waals surface area contributed by atoms with Crippen molar-refractivity contribution < 1.29 is 22.6 Å². The zero-order valence-electron chi connectivity index (χ0n) is 14.2. The summed E-state index contributed by atoms with van der Waals surface area (Å²) in [4.78, 5) is 1.08. The molecule has 1 aliphatic carbocycles. The number of alkyl halides is 3. The van der Waals surface area contributed by atoms with E-state index in [1.54, 1.807) is 18.3 Å². The fraction of sp³-hybridized carbons (Fsp3) is 0.250. The minimum absolute atomic E-state index is 0.191. The molecule has 0 amide bonds. The Labute approximate surface area is 158 Å². The first kappa shape index (κ1) is 17.9. The van der Waals surface area contributed by atoms with Crippen LogP contribution < -0.4 is 9.47 Å². The van der Waals surface area contributed by atoms with Crippen LogP contribution in [0.4, 0.5) is 13.2 Å². The standard InChI is InChI=1S/C20H16F3NO2S/c21-20(22,23)12-25-17-3-1-2-15-16(17)8-9-18(15)26-14-6-4-13(5-7-14)19-10-11-24-27-19/h1-7,10-11,18H,8-9,12H2. The van der Waals surface area contributed by atoms with E-state index in [0.717, 1.165) is 27.3 Å². The van der Waals surface area contributed by atoms with Gasteiger partial charge in [-0.2, -0.15) is 13.2 Å². The number of ether oxygens (including phenoxy) is 2. The van der Waals surface area contributed by atoms with E-state index in [1.165, 1.54) is 11.5 Å². The van der Waals surface area contributed by atoms with Crippen LogP contribution in [0.1, 0.15) is 23.7 Å². The lowest BCUT2D eigenvalue weighted by Gasteiger charge is -2.16. The van der Waals surface area contributed by atoms with Crippen LogP contribution in [0.5, 0.6) is 11.5 Å². The van der Waals surface area contributed by atoms with Gasteiger partial charge in [-0.3, -0.25) is 0 Å². The molecule has 0 fully saturated rings. The summed E-state index contributed by atoms with van der Waals surface area (Å²) in [5, 5.41) is 0. The number of benzene rings is 2. The van der Waals surface area contributed by atoms with E-state index >= 15 is 0 Å². The average Bonchev–Trinajstić information content (AvgIpc) is 3.31. The molecule has 3 nitrogen and oxygen atoms in total. The van der Waals surface area contributed by atoms with E-state index in [-0.39, 0.29) is 11.9 Å². The van der Waals surface area contributed by atoms with Crippen molar-refractivity contribution in [2.75, 3.05) is 6.61 Å². The maximum atomic E-state index is 12.4. The Morgan fingerprint density at radius 2 is 1.89 bits per heavy atom. The van der Waals surface area contributed by atoms with Gasteiger partial charge in [0.05, 0.1) is 4.88 Å². The first-order valence-corrected chi connectivity index (χ1v) is 9.26. The number of aromatic nitrogens is 1. The minimum Gasteiger partial charge on any atom is -0.486 e. The molecular weight excluding hydrogens is 375 g/mol. The summed E-state index contributed by atoms with van der Waals surface area (Å²) in [5.74, 6) is 1.01. The third kappa shape index (κ3) is 4.08. The maximum absolute atomic E-state index is 12.4. The van der Waals surface area contributed by atoms with Gasteiger partial charge in [-0.15, -0.1) is 0 Å². The van der Waals surface area contributed by atoms with E-state index in [2.05, 4.69) is 4.37 Å². The van der Waals surface area contributed by atoms with Crippen LogP contribution in [0.2, 0.25) is 0 Å². The second-order valence-corrected chi connectivity index (χ2v) is 7.11. The van der Waals surface area contributed by atoms with Crippen molar-refractivity contribution in [1.29, 1.82) is 0 Å². The largest absolute Gasteiger partial charge is 0.486 e. The number of rotatable bonds is 5. The van der Waals surface area contributed by atoms with Crippen LogP contribution in [0.15, 0.2) is 54.7 Å². The average molecular weight is 391 g/mol. The molecule has 0 saturated carbocycles. The van der Waals surface area contributed by atoms with Crippen LogP contribution in [0.3, 0.4) is 0 Å². The van der Waals surface area contributed by atoms with Crippen LogP contribution >= 0.6 is 11.5 Å². The SMILES string of the molecule is FC(F)(F)COc1cccc2c1CCC2Oc1ccc(-c2ccns2)cc1. The van der Waals surface area contributed by atoms with Gasteiger partial charge < -0.3 is 9.47 Å². The fourth-order valence-corrected chi connectivity index (χ4v) is 3.83. The minimum atomic E-state index is -4.35. The second-order valence-electron chi connectivity index (χ2n) is 6.27. The highest BCUT2D eigenvalue weighted by Gasteiger charge is 2.31. The molecular formula is C20H16F3NO2S. The van der Waals surface area contributed by atoms with Crippen molar-refractivity contribution in [2.45, 2.75) is 25.1 Å². The number of nitrogens with zero attached hydrogens (tertiary/aromatic N) is 1. The topological polar surface area (TPSA) is 31.4 Å². The van der Waals surface area contributed by atoms with E-state index in [4.69, 9.17) is 9.47 Å². The molecule has 0 spiro atoms. The quantitative estimate of drug-likeness (QED) is 0.549.